The van der Waals surface area contributed by atoms with E-state index in [2.05, 4.69) is 40.9 Å². The molecule has 0 bridgehead atoms. The number of hydrogen-bond acceptors (Lipinski definition) is 5. The Balaban J connectivity index is 1.53. The number of nitrogens with zero attached hydrogens (tertiary/aromatic N) is 4. The minimum absolute atomic E-state index is 0.259. The molecular weight excluding hydrogens is 314 g/mol. The Bertz CT molecular complexity index is 589. The van der Waals surface area contributed by atoms with Gasteiger partial charge in [-0.2, -0.15) is 0 Å². The van der Waals surface area contributed by atoms with E-state index in [1.54, 1.807) is 0 Å². The van der Waals surface area contributed by atoms with Gasteiger partial charge in [-0.1, -0.05) is 6.07 Å². The Morgan fingerprint density at radius 2 is 1.56 bits per heavy atom. The fraction of sp³-hybridized carbons (Fsp3) is 0.632. The molecule has 3 rings (SSSR count). The van der Waals surface area contributed by atoms with Gasteiger partial charge in [-0.15, -0.1) is 0 Å². The summed E-state index contributed by atoms with van der Waals surface area (Å²) in [4.78, 5) is 21.3. The van der Waals surface area contributed by atoms with Crippen molar-refractivity contribution in [1.82, 2.24) is 14.7 Å². The molecule has 0 aliphatic carbocycles. The molecule has 25 heavy (non-hydrogen) atoms. The Hall–Kier alpha value is -1.79. The Morgan fingerprint density at radius 1 is 0.960 bits per heavy atom. The molecule has 0 spiro atoms. The molecule has 2 aliphatic rings. The maximum atomic E-state index is 12.4. The second-order valence-electron chi connectivity index (χ2n) is 7.37. The molecule has 2 saturated heterocycles. The van der Waals surface area contributed by atoms with Crippen LogP contribution in [0.1, 0.15) is 12.0 Å². The van der Waals surface area contributed by atoms with E-state index in [9.17, 15) is 4.79 Å². The second kappa shape index (κ2) is 8.06. The van der Waals surface area contributed by atoms with Crippen LogP contribution >= 0.6 is 0 Å². The van der Waals surface area contributed by atoms with Crippen LogP contribution in [0.5, 0.6) is 0 Å². The van der Waals surface area contributed by atoms with Gasteiger partial charge in [0.2, 0.25) is 5.91 Å². The Kier molecular flexibility index (Phi) is 5.81. The highest BCUT2D eigenvalue weighted by molar-refractivity contribution is 5.77. The zero-order valence-corrected chi connectivity index (χ0v) is 15.6. The number of piperazine rings is 2. The number of benzene rings is 1. The smallest absolute Gasteiger partial charge is 0.222 e. The maximum Gasteiger partial charge on any atom is 0.222 e. The van der Waals surface area contributed by atoms with Gasteiger partial charge in [-0.25, -0.2) is 0 Å². The van der Waals surface area contributed by atoms with E-state index in [0.717, 1.165) is 75.7 Å². The fourth-order valence-electron chi connectivity index (χ4n) is 3.56. The minimum Gasteiger partial charge on any atom is -0.397 e. The topological polar surface area (TPSA) is 56.0 Å². The molecule has 0 radical (unpaired) electrons. The van der Waals surface area contributed by atoms with Gasteiger partial charge in [0.1, 0.15) is 0 Å². The Morgan fingerprint density at radius 3 is 2.16 bits per heavy atom. The van der Waals surface area contributed by atoms with E-state index in [0.29, 0.717) is 6.42 Å². The normalized spacial score (nSPS) is 20.1. The first-order valence-corrected chi connectivity index (χ1v) is 9.31. The standard InChI is InChI=1S/C19H31N5O/c1-21-7-11-23(12-8-21)18-5-3-16(15-17(18)20)4-6-19(25)24-13-9-22(2)10-14-24/h3,5,15H,4,6-14,20H2,1-2H3. The van der Waals surface area contributed by atoms with E-state index in [1.807, 2.05) is 11.0 Å². The molecule has 0 saturated carbocycles. The highest BCUT2D eigenvalue weighted by Gasteiger charge is 2.19. The molecule has 0 aromatic heterocycles. The predicted molar refractivity (Wildman–Crippen MR) is 103 cm³/mol. The summed E-state index contributed by atoms with van der Waals surface area (Å²) in [6, 6.07) is 6.29. The van der Waals surface area contributed by atoms with Gasteiger partial charge in [0.05, 0.1) is 11.4 Å². The highest BCUT2D eigenvalue weighted by Crippen LogP contribution is 2.26. The summed E-state index contributed by atoms with van der Waals surface area (Å²) < 4.78 is 0. The molecule has 6 nitrogen and oxygen atoms in total. The summed E-state index contributed by atoms with van der Waals surface area (Å²) in [5.74, 6) is 0.259. The summed E-state index contributed by atoms with van der Waals surface area (Å²) in [5.41, 5.74) is 9.40. The third kappa shape index (κ3) is 4.64. The maximum absolute atomic E-state index is 12.4. The van der Waals surface area contributed by atoms with Crippen molar-refractivity contribution in [3.63, 3.8) is 0 Å². The molecule has 0 unspecified atom stereocenters. The number of rotatable bonds is 4. The lowest BCUT2D eigenvalue weighted by Crippen LogP contribution is -2.47. The summed E-state index contributed by atoms with van der Waals surface area (Å²) >= 11 is 0. The van der Waals surface area contributed by atoms with Crippen LogP contribution in [0.15, 0.2) is 18.2 Å². The van der Waals surface area contributed by atoms with Crippen molar-refractivity contribution in [3.8, 4) is 0 Å². The van der Waals surface area contributed by atoms with Crippen LogP contribution in [0.4, 0.5) is 11.4 Å². The minimum atomic E-state index is 0.259. The van der Waals surface area contributed by atoms with Gasteiger partial charge in [-0.3, -0.25) is 4.79 Å². The van der Waals surface area contributed by atoms with E-state index >= 15 is 0 Å². The van der Waals surface area contributed by atoms with Crippen molar-refractivity contribution in [2.45, 2.75) is 12.8 Å². The van der Waals surface area contributed by atoms with Crippen LogP contribution in [0, 0.1) is 0 Å². The molecule has 1 amide bonds. The third-order valence-electron chi connectivity index (χ3n) is 5.42. The number of carbonyl (C=O) groups is 1. The predicted octanol–water partition coefficient (Wildman–Crippen LogP) is 0.727. The van der Waals surface area contributed by atoms with Gasteiger partial charge < -0.3 is 25.3 Å². The van der Waals surface area contributed by atoms with Crippen molar-refractivity contribution in [2.75, 3.05) is 77.1 Å². The number of aryl methyl sites for hydroxylation is 1. The van der Waals surface area contributed by atoms with Crippen LogP contribution in [0.2, 0.25) is 0 Å². The van der Waals surface area contributed by atoms with E-state index < -0.39 is 0 Å². The number of anilines is 2. The number of likely N-dealkylation sites (N-methyl/N-ethyl adjacent to an activating group) is 2. The largest absolute Gasteiger partial charge is 0.397 e. The van der Waals surface area contributed by atoms with Crippen molar-refractivity contribution in [3.05, 3.63) is 23.8 Å². The molecule has 2 fully saturated rings. The number of amides is 1. The lowest BCUT2D eigenvalue weighted by atomic mass is 10.1. The van der Waals surface area contributed by atoms with Gasteiger partial charge >= 0.3 is 0 Å². The quantitative estimate of drug-likeness (QED) is 0.816. The molecule has 1 aromatic carbocycles. The van der Waals surface area contributed by atoms with Gasteiger partial charge in [-0.05, 0) is 38.2 Å². The fourth-order valence-corrected chi connectivity index (χ4v) is 3.56. The van der Waals surface area contributed by atoms with Crippen LogP contribution in [-0.2, 0) is 11.2 Å². The van der Waals surface area contributed by atoms with E-state index in [1.165, 1.54) is 0 Å². The number of nitrogens with two attached hydrogens (primary N) is 1. The zero-order valence-electron chi connectivity index (χ0n) is 15.6. The average Bonchev–Trinajstić information content (AvgIpc) is 2.61. The average molecular weight is 345 g/mol. The lowest BCUT2D eigenvalue weighted by Gasteiger charge is -2.34. The zero-order chi connectivity index (χ0) is 17.8. The van der Waals surface area contributed by atoms with Crippen molar-refractivity contribution < 1.29 is 4.79 Å². The Labute approximate surface area is 151 Å². The number of carbonyl (C=O) groups excluding carboxylic acids is 1. The number of hydrogen-bond donors (Lipinski definition) is 1. The van der Waals surface area contributed by atoms with Crippen LogP contribution in [0.25, 0.3) is 0 Å². The van der Waals surface area contributed by atoms with Gasteiger partial charge in [0.15, 0.2) is 0 Å². The third-order valence-corrected chi connectivity index (χ3v) is 5.42. The van der Waals surface area contributed by atoms with Crippen molar-refractivity contribution in [1.29, 1.82) is 0 Å². The first-order valence-electron chi connectivity index (χ1n) is 9.31. The van der Waals surface area contributed by atoms with Crippen molar-refractivity contribution >= 4 is 17.3 Å². The molecule has 0 atom stereocenters. The van der Waals surface area contributed by atoms with Gasteiger partial charge in [0.25, 0.3) is 0 Å². The lowest BCUT2D eigenvalue weighted by molar-refractivity contribution is -0.132. The van der Waals surface area contributed by atoms with Crippen molar-refractivity contribution in [2.24, 2.45) is 0 Å². The number of nitrogen functional groups attached to an aromatic ring is 1. The first-order chi connectivity index (χ1) is 12.0. The van der Waals surface area contributed by atoms with Crippen LogP contribution in [0.3, 0.4) is 0 Å². The first kappa shape index (κ1) is 18.0. The molecule has 2 aliphatic heterocycles. The molecule has 2 heterocycles. The highest BCUT2D eigenvalue weighted by atomic mass is 16.2. The monoisotopic (exact) mass is 345 g/mol. The molecule has 138 valence electrons. The summed E-state index contributed by atoms with van der Waals surface area (Å²) in [7, 11) is 4.26. The van der Waals surface area contributed by atoms with E-state index in [4.69, 9.17) is 5.73 Å². The summed E-state index contributed by atoms with van der Waals surface area (Å²) in [6.07, 6.45) is 1.33. The van der Waals surface area contributed by atoms with E-state index in [-0.39, 0.29) is 5.91 Å². The molecule has 1 aromatic rings. The van der Waals surface area contributed by atoms with Crippen LogP contribution in [-0.4, -0.2) is 87.1 Å². The van der Waals surface area contributed by atoms with Crippen LogP contribution < -0.4 is 10.6 Å². The SMILES string of the molecule is CN1CCN(C(=O)CCc2ccc(N3CCN(C)CC3)c(N)c2)CC1. The van der Waals surface area contributed by atoms with Gasteiger partial charge in [0, 0.05) is 58.8 Å². The molecular formula is C19H31N5O. The molecule has 2 N–H and O–H groups in total. The molecule has 6 heteroatoms. The summed E-state index contributed by atoms with van der Waals surface area (Å²) in [6.45, 7) is 7.81. The summed E-state index contributed by atoms with van der Waals surface area (Å²) in [5, 5.41) is 0. The second-order valence-corrected chi connectivity index (χ2v) is 7.37.